The molecule has 1 atom stereocenters. The fourth-order valence-corrected chi connectivity index (χ4v) is 3.82. The van der Waals surface area contributed by atoms with Crippen LogP contribution in [0, 0.1) is 5.92 Å². The van der Waals surface area contributed by atoms with Gasteiger partial charge in [-0.2, -0.15) is 0 Å². The molecule has 1 heterocycles. The van der Waals surface area contributed by atoms with E-state index in [1.54, 1.807) is 0 Å². The highest BCUT2D eigenvalue weighted by Gasteiger charge is 2.33. The van der Waals surface area contributed by atoms with E-state index in [0.29, 0.717) is 5.91 Å². The molecule has 2 aliphatic rings. The average molecular weight is 323 g/mol. The second-order valence-electron chi connectivity index (χ2n) is 6.45. The minimum absolute atomic E-state index is 0. The summed E-state index contributed by atoms with van der Waals surface area (Å²) >= 11 is 0. The van der Waals surface area contributed by atoms with Crippen LogP contribution < -0.4 is 5.32 Å². The van der Waals surface area contributed by atoms with E-state index in [0.717, 1.165) is 38.4 Å². The van der Waals surface area contributed by atoms with Gasteiger partial charge in [-0.15, -0.1) is 12.4 Å². The first kappa shape index (κ1) is 17.3. The standard InChI is InChI=1S/C18H26N2O.ClH/c1-19-11-8-14-9-12-20(13-10-14)18(21)17-7-6-15-4-2-3-5-16(15)17;/h2-5,14,17,19H,6-13H2,1H3;1H. The van der Waals surface area contributed by atoms with Crippen LogP contribution in [0.25, 0.3) is 0 Å². The Labute approximate surface area is 139 Å². The Bertz CT molecular complexity index is 498. The zero-order valence-electron chi connectivity index (χ0n) is 13.4. The Hall–Kier alpha value is -1.06. The number of carbonyl (C=O) groups excluding carboxylic acids is 1. The van der Waals surface area contributed by atoms with Crippen LogP contribution in [0.3, 0.4) is 0 Å². The highest BCUT2D eigenvalue weighted by Crippen LogP contribution is 2.35. The smallest absolute Gasteiger partial charge is 0.230 e. The number of rotatable bonds is 4. The van der Waals surface area contributed by atoms with Crippen LogP contribution in [0.4, 0.5) is 0 Å². The van der Waals surface area contributed by atoms with Crippen molar-refractivity contribution >= 4 is 18.3 Å². The molecule has 1 aromatic rings. The van der Waals surface area contributed by atoms with Gasteiger partial charge >= 0.3 is 0 Å². The van der Waals surface area contributed by atoms with Crippen molar-refractivity contribution in [3.8, 4) is 0 Å². The predicted molar refractivity (Wildman–Crippen MR) is 92.6 cm³/mol. The van der Waals surface area contributed by atoms with Gasteiger partial charge < -0.3 is 10.2 Å². The molecular weight excluding hydrogens is 296 g/mol. The second-order valence-corrected chi connectivity index (χ2v) is 6.45. The van der Waals surface area contributed by atoms with Crippen LogP contribution >= 0.6 is 12.4 Å². The maximum absolute atomic E-state index is 12.8. The number of amides is 1. The number of nitrogens with zero attached hydrogens (tertiary/aromatic N) is 1. The Morgan fingerprint density at radius 2 is 1.95 bits per heavy atom. The fraction of sp³-hybridized carbons (Fsp3) is 0.611. The Kier molecular flexibility index (Phi) is 6.27. The molecule has 0 bridgehead atoms. The summed E-state index contributed by atoms with van der Waals surface area (Å²) in [5.74, 6) is 1.28. The van der Waals surface area contributed by atoms with Gasteiger partial charge in [0.25, 0.3) is 0 Å². The van der Waals surface area contributed by atoms with E-state index in [-0.39, 0.29) is 18.3 Å². The van der Waals surface area contributed by atoms with Gasteiger partial charge in [0.2, 0.25) is 5.91 Å². The summed E-state index contributed by atoms with van der Waals surface area (Å²) in [5.41, 5.74) is 2.65. The van der Waals surface area contributed by atoms with Gasteiger partial charge in [0.15, 0.2) is 0 Å². The summed E-state index contributed by atoms with van der Waals surface area (Å²) in [6.07, 6.45) is 5.64. The van der Waals surface area contributed by atoms with Crippen LogP contribution in [0.15, 0.2) is 24.3 Å². The van der Waals surface area contributed by atoms with Gasteiger partial charge in [-0.05, 0) is 62.7 Å². The minimum atomic E-state index is 0. The lowest BCUT2D eigenvalue weighted by molar-refractivity contribution is -0.134. The molecule has 1 unspecified atom stereocenters. The zero-order valence-corrected chi connectivity index (χ0v) is 14.2. The number of aryl methyl sites for hydroxylation is 1. The molecule has 0 aromatic heterocycles. The number of likely N-dealkylation sites (tertiary alicyclic amines) is 1. The van der Waals surface area contributed by atoms with E-state index in [1.807, 2.05) is 7.05 Å². The molecular formula is C18H27ClN2O. The number of fused-ring (bicyclic) bond motifs is 1. The summed E-state index contributed by atoms with van der Waals surface area (Å²) in [7, 11) is 2.01. The van der Waals surface area contributed by atoms with E-state index in [4.69, 9.17) is 0 Å². The molecule has 0 radical (unpaired) electrons. The highest BCUT2D eigenvalue weighted by atomic mass is 35.5. The van der Waals surface area contributed by atoms with Gasteiger partial charge in [-0.3, -0.25) is 4.79 Å². The molecule has 1 aliphatic heterocycles. The van der Waals surface area contributed by atoms with E-state index in [2.05, 4.69) is 34.5 Å². The summed E-state index contributed by atoms with van der Waals surface area (Å²) < 4.78 is 0. The van der Waals surface area contributed by atoms with Crippen molar-refractivity contribution in [2.75, 3.05) is 26.7 Å². The maximum atomic E-state index is 12.8. The summed E-state index contributed by atoms with van der Waals surface area (Å²) in [4.78, 5) is 14.9. The molecule has 1 aromatic carbocycles. The van der Waals surface area contributed by atoms with Crippen molar-refractivity contribution in [3.63, 3.8) is 0 Å². The van der Waals surface area contributed by atoms with Gasteiger partial charge in [-0.25, -0.2) is 0 Å². The first-order valence-electron chi connectivity index (χ1n) is 8.30. The molecule has 1 aliphatic carbocycles. The second kappa shape index (κ2) is 7.98. The predicted octanol–water partition coefficient (Wildman–Crippen LogP) is 2.99. The van der Waals surface area contributed by atoms with Crippen molar-refractivity contribution in [1.29, 1.82) is 0 Å². The lowest BCUT2D eigenvalue weighted by Gasteiger charge is -2.33. The number of nitrogens with one attached hydrogen (secondary N) is 1. The molecule has 0 saturated carbocycles. The van der Waals surface area contributed by atoms with Crippen molar-refractivity contribution < 1.29 is 4.79 Å². The van der Waals surface area contributed by atoms with Crippen molar-refractivity contribution in [2.24, 2.45) is 5.92 Å². The van der Waals surface area contributed by atoms with Gasteiger partial charge in [-0.1, -0.05) is 24.3 Å². The lowest BCUT2D eigenvalue weighted by Crippen LogP contribution is -2.41. The molecule has 4 heteroatoms. The quantitative estimate of drug-likeness (QED) is 0.924. The summed E-state index contributed by atoms with van der Waals surface area (Å²) in [5, 5.41) is 3.22. The lowest BCUT2D eigenvalue weighted by atomic mass is 9.92. The number of halogens is 1. The van der Waals surface area contributed by atoms with E-state index in [1.165, 1.54) is 30.4 Å². The van der Waals surface area contributed by atoms with Gasteiger partial charge in [0, 0.05) is 13.1 Å². The van der Waals surface area contributed by atoms with E-state index < -0.39 is 0 Å². The minimum Gasteiger partial charge on any atom is -0.342 e. The molecule has 3 rings (SSSR count). The topological polar surface area (TPSA) is 32.3 Å². The summed E-state index contributed by atoms with van der Waals surface area (Å²) in [6.45, 7) is 2.99. The van der Waals surface area contributed by atoms with Crippen LogP contribution in [-0.4, -0.2) is 37.5 Å². The summed E-state index contributed by atoms with van der Waals surface area (Å²) in [6, 6.07) is 8.46. The third-order valence-electron chi connectivity index (χ3n) is 5.16. The van der Waals surface area contributed by atoms with E-state index in [9.17, 15) is 4.79 Å². The highest BCUT2D eigenvalue weighted by molar-refractivity contribution is 5.85. The van der Waals surface area contributed by atoms with Crippen LogP contribution in [0.5, 0.6) is 0 Å². The molecule has 0 spiro atoms. The number of hydrogen-bond donors (Lipinski definition) is 1. The first-order chi connectivity index (χ1) is 10.3. The maximum Gasteiger partial charge on any atom is 0.230 e. The Balaban J connectivity index is 0.00000176. The number of hydrogen-bond acceptors (Lipinski definition) is 2. The number of benzene rings is 1. The third kappa shape index (κ3) is 3.64. The van der Waals surface area contributed by atoms with Crippen LogP contribution in [-0.2, 0) is 11.2 Å². The van der Waals surface area contributed by atoms with Crippen LogP contribution in [0.1, 0.15) is 42.7 Å². The Morgan fingerprint density at radius 1 is 1.23 bits per heavy atom. The number of carbonyl (C=O) groups is 1. The first-order valence-corrected chi connectivity index (χ1v) is 8.30. The molecule has 1 amide bonds. The average Bonchev–Trinajstić information content (AvgIpc) is 2.97. The molecule has 22 heavy (non-hydrogen) atoms. The van der Waals surface area contributed by atoms with Gasteiger partial charge in [0.1, 0.15) is 0 Å². The fourth-order valence-electron chi connectivity index (χ4n) is 3.82. The normalized spacial score (nSPS) is 21.3. The van der Waals surface area contributed by atoms with Crippen molar-refractivity contribution in [3.05, 3.63) is 35.4 Å². The van der Waals surface area contributed by atoms with Gasteiger partial charge in [0.05, 0.1) is 5.92 Å². The third-order valence-corrected chi connectivity index (χ3v) is 5.16. The molecule has 122 valence electrons. The molecule has 1 fully saturated rings. The Morgan fingerprint density at radius 3 is 2.68 bits per heavy atom. The largest absolute Gasteiger partial charge is 0.342 e. The molecule has 1 N–H and O–H groups in total. The van der Waals surface area contributed by atoms with Crippen molar-refractivity contribution in [1.82, 2.24) is 10.2 Å². The van der Waals surface area contributed by atoms with E-state index >= 15 is 0 Å². The van der Waals surface area contributed by atoms with Crippen LogP contribution in [0.2, 0.25) is 0 Å². The molecule has 1 saturated heterocycles. The SMILES string of the molecule is CNCCC1CCN(C(=O)C2CCc3ccccc32)CC1.Cl. The van der Waals surface area contributed by atoms with Crippen molar-refractivity contribution in [2.45, 2.75) is 38.0 Å². The number of piperidine rings is 1. The molecule has 3 nitrogen and oxygen atoms in total. The monoisotopic (exact) mass is 322 g/mol. The zero-order chi connectivity index (χ0) is 14.7.